The lowest BCUT2D eigenvalue weighted by atomic mass is 9.70. The molecule has 3 aliphatic heterocycles. The molecule has 0 saturated carbocycles. The molecule has 4 aliphatic rings. The third-order valence-electron chi connectivity index (χ3n) is 27.7. The maximum absolute atomic E-state index is 6.60. The average molecular weight is 1760 g/mol. The van der Waals surface area contributed by atoms with Crippen molar-refractivity contribution in [2.75, 3.05) is 9.80 Å². The predicted octanol–water partition coefficient (Wildman–Crippen LogP) is 33.4. The summed E-state index contributed by atoms with van der Waals surface area (Å²) < 4.78 is 18.9. The van der Waals surface area contributed by atoms with Crippen LogP contribution in [0.3, 0.4) is 0 Å². The Morgan fingerprint density at radius 3 is 1.57 bits per heavy atom. The van der Waals surface area contributed by atoms with E-state index in [2.05, 4.69) is 395 Å². The first-order chi connectivity index (χ1) is 67.3. The second-order valence-corrected chi connectivity index (χ2v) is 36.0. The summed E-state index contributed by atoms with van der Waals surface area (Å²) in [6.07, 6.45) is 8.66. The number of hydrogen-bond acceptors (Lipinski definition) is 9. The summed E-state index contributed by atoms with van der Waals surface area (Å²) in [5, 5.41) is 9.38. The molecule has 9 heterocycles. The molecule has 18 aromatic carbocycles. The zero-order chi connectivity index (χ0) is 90.1. The van der Waals surface area contributed by atoms with Gasteiger partial charge in [-0.3, -0.25) is 9.55 Å². The molecular formula is C125H82N8O2S. The number of aryl methyl sites for hydroxylation is 1. The van der Waals surface area contributed by atoms with E-state index in [1.165, 1.54) is 115 Å². The number of rotatable bonds is 9. The third kappa shape index (κ3) is 12.8. The van der Waals surface area contributed by atoms with Crippen LogP contribution < -0.4 is 14.5 Å². The molecule has 11 heteroatoms. The van der Waals surface area contributed by atoms with Gasteiger partial charge in [0.05, 0.1) is 50.9 Å². The highest BCUT2D eigenvalue weighted by molar-refractivity contribution is 7.17. The van der Waals surface area contributed by atoms with Crippen LogP contribution in [0.5, 0.6) is 11.5 Å². The summed E-state index contributed by atoms with van der Waals surface area (Å²) in [4.78, 5) is 24.4. The molecule has 0 atom stereocenters. The number of nitrogens with zero attached hydrogens (tertiary/aromatic N) is 8. The molecule has 0 fully saturated rings. The Balaban J connectivity index is 0.000000107. The number of furan rings is 1. The van der Waals surface area contributed by atoms with Gasteiger partial charge in [-0.1, -0.05) is 334 Å². The van der Waals surface area contributed by atoms with E-state index < -0.39 is 5.41 Å². The van der Waals surface area contributed by atoms with Crippen LogP contribution in [0.2, 0.25) is 0 Å². The van der Waals surface area contributed by atoms with Crippen LogP contribution in [0.15, 0.2) is 459 Å². The van der Waals surface area contributed by atoms with Gasteiger partial charge < -0.3 is 23.5 Å². The molecule has 28 rings (SSSR count). The minimum absolute atomic E-state index is 0.435. The molecule has 0 radical (unpaired) electrons. The number of thiophene rings is 1. The Bertz CT molecular complexity index is 8790. The van der Waals surface area contributed by atoms with E-state index in [9.17, 15) is 0 Å². The second-order valence-electron chi connectivity index (χ2n) is 35.0. The monoisotopic (exact) mass is 1760 g/mol. The van der Waals surface area contributed by atoms with Crippen LogP contribution in [-0.4, -0.2) is 29.1 Å². The topological polar surface area (TPSA) is 90.3 Å². The first kappa shape index (κ1) is 79.3. The Morgan fingerprint density at radius 2 is 0.853 bits per heavy atom. The van der Waals surface area contributed by atoms with Gasteiger partial charge in [0.1, 0.15) is 22.7 Å². The van der Waals surface area contributed by atoms with E-state index in [0.717, 1.165) is 123 Å². The van der Waals surface area contributed by atoms with Gasteiger partial charge >= 0.3 is 0 Å². The zero-order valence-electron chi connectivity index (χ0n) is 74.2. The number of pyridine rings is 1. The lowest BCUT2D eigenvalue weighted by molar-refractivity contribution is 0.488. The first-order valence-corrected chi connectivity index (χ1v) is 47.0. The quantitative estimate of drug-likeness (QED) is 0.141. The Labute approximate surface area is 789 Å². The smallest absolute Gasteiger partial charge is 0.238 e. The second kappa shape index (κ2) is 32.4. The highest BCUT2D eigenvalue weighted by Gasteiger charge is 2.42. The maximum atomic E-state index is 6.60. The van der Waals surface area contributed by atoms with Crippen molar-refractivity contribution < 1.29 is 9.15 Å². The molecule has 1 aliphatic carbocycles. The van der Waals surface area contributed by atoms with Gasteiger partial charge in [-0.05, 0) is 184 Å². The summed E-state index contributed by atoms with van der Waals surface area (Å²) in [7, 11) is 0. The fourth-order valence-corrected chi connectivity index (χ4v) is 22.4. The molecule has 24 aromatic rings. The van der Waals surface area contributed by atoms with E-state index in [-0.39, 0.29) is 0 Å². The molecule has 0 N–H and O–H groups in total. The van der Waals surface area contributed by atoms with Crippen LogP contribution in [0.4, 0.5) is 34.1 Å². The highest BCUT2D eigenvalue weighted by atomic mass is 32.1. The van der Waals surface area contributed by atoms with Crippen molar-refractivity contribution in [3.63, 3.8) is 0 Å². The van der Waals surface area contributed by atoms with Crippen molar-refractivity contribution in [2.45, 2.75) is 19.3 Å². The van der Waals surface area contributed by atoms with Gasteiger partial charge in [0.2, 0.25) is 5.95 Å². The van der Waals surface area contributed by atoms with Crippen molar-refractivity contribution in [3.8, 4) is 124 Å². The van der Waals surface area contributed by atoms with Crippen LogP contribution in [0, 0.1) is 13.8 Å². The molecule has 640 valence electrons. The SMILES string of the molecule is C1=CC(c2ccccc2)(c2ccccc2)c2ccc3c(c21)-c1cc(-c2cccc4c2oc2ccccc24)ccc1N(c1ccccc1)c1ccccc1-3.Cc1c(C)n(-c2nc(-c3ccccc3)nc(-c3ccccc3)n2)c2ccc3c(c12)-c1ccccc1Oc1ccccc1-3.c1cc(N2c3ccccc3-c3ccc4sccc4c3-c3ccccc32)cc(-n2c3ccccc3c3ccncc32)c1. The van der Waals surface area contributed by atoms with E-state index in [4.69, 9.17) is 24.1 Å². The van der Waals surface area contributed by atoms with Crippen LogP contribution in [-0.2, 0) is 5.41 Å². The first-order valence-electron chi connectivity index (χ1n) is 46.1. The van der Waals surface area contributed by atoms with Crippen LogP contribution >= 0.6 is 11.3 Å². The molecule has 0 amide bonds. The summed E-state index contributed by atoms with van der Waals surface area (Å²) in [5.41, 5.74) is 38.5. The molecule has 10 nitrogen and oxygen atoms in total. The third-order valence-corrected chi connectivity index (χ3v) is 28.6. The number of hydrogen-bond donors (Lipinski definition) is 0. The van der Waals surface area contributed by atoms with Crippen molar-refractivity contribution in [2.24, 2.45) is 0 Å². The number of aromatic nitrogens is 6. The number of benzene rings is 18. The van der Waals surface area contributed by atoms with Gasteiger partial charge in [-0.25, -0.2) is 4.98 Å². The lowest BCUT2D eigenvalue weighted by Crippen LogP contribution is -2.25. The minimum atomic E-state index is -0.435. The molecule has 136 heavy (non-hydrogen) atoms. The van der Waals surface area contributed by atoms with Gasteiger partial charge in [-0.2, -0.15) is 9.97 Å². The zero-order valence-corrected chi connectivity index (χ0v) is 75.0. The molecule has 0 bridgehead atoms. The molecule has 0 unspecified atom stereocenters. The Kier molecular flexibility index (Phi) is 18.9. The van der Waals surface area contributed by atoms with Gasteiger partial charge in [0, 0.05) is 127 Å². The van der Waals surface area contributed by atoms with Crippen LogP contribution in [0.1, 0.15) is 33.5 Å². The number of ether oxygens (including phenoxy) is 1. The average Bonchev–Trinajstić information content (AvgIpc) is 1.54. The lowest BCUT2D eigenvalue weighted by Gasteiger charge is -2.32. The summed E-state index contributed by atoms with van der Waals surface area (Å²) >= 11 is 1.80. The van der Waals surface area contributed by atoms with Crippen molar-refractivity contribution >= 4 is 116 Å². The van der Waals surface area contributed by atoms with Crippen molar-refractivity contribution in [1.82, 2.24) is 29.1 Å². The standard InChI is InChI=1S/C51H33NO.C37H26N4O.C37H23N3S/c1-4-15-35(16-5-1)51(36-17-6-2-7-18-36)32-31-43-45(51)29-28-41-39-21-10-12-25-46(39)52(37-19-8-3-9-20-37)47-30-27-34(33-44(47)49(41)43)38-23-14-24-42-40-22-11-13-26-48(40)53-50(38)42;1-23-24(2)41(37-39-35(25-13-5-3-6-14-25)38-36(40-37)26-15-7-4-8-16-26)30-22-21-28-27-17-9-11-19-31(27)42-32-20-12-10-18-29(32)34(28)33(23)30;1-4-13-32-26(10-1)28-18-20-38-23-35(28)40(32)25-9-7-8-24(22-25)39-33-14-5-2-11-27(33)29-16-17-36-31(19-21-41-36)37(29)30-12-3-6-15-34(30)39/h1-33H;3-22H,1-2H3;1-23H. The molecule has 0 spiro atoms. The number of allylic oxidation sites excluding steroid dienone is 1. The fraction of sp³-hybridized carbons (Fsp3) is 0.0240. The summed E-state index contributed by atoms with van der Waals surface area (Å²) in [6, 6.07) is 153. The summed E-state index contributed by atoms with van der Waals surface area (Å²) in [6.45, 7) is 4.33. The number of anilines is 6. The normalized spacial score (nSPS) is 12.7. The van der Waals surface area contributed by atoms with E-state index in [1.54, 1.807) is 11.3 Å². The van der Waals surface area contributed by atoms with Gasteiger partial charge in [-0.15, -0.1) is 11.3 Å². The van der Waals surface area contributed by atoms with Gasteiger partial charge in [0.25, 0.3) is 0 Å². The maximum Gasteiger partial charge on any atom is 0.238 e. The predicted molar refractivity (Wildman–Crippen MR) is 561 cm³/mol. The van der Waals surface area contributed by atoms with Crippen molar-refractivity contribution in [3.05, 3.63) is 488 Å². The van der Waals surface area contributed by atoms with Crippen molar-refractivity contribution in [1.29, 1.82) is 0 Å². The molecule has 0 saturated heterocycles. The number of para-hydroxylation sites is 9. The Hall–Kier alpha value is -17.6. The highest BCUT2D eigenvalue weighted by Crippen LogP contribution is 2.60. The minimum Gasteiger partial charge on any atom is -0.456 e. The molecular weight excluding hydrogens is 1680 g/mol. The number of fused-ring (bicyclic) bond motifs is 27. The summed E-state index contributed by atoms with van der Waals surface area (Å²) in [5.74, 6) is 3.58. The van der Waals surface area contributed by atoms with E-state index >= 15 is 0 Å². The fourth-order valence-electron chi connectivity index (χ4n) is 21.6. The Morgan fingerprint density at radius 1 is 0.324 bits per heavy atom. The van der Waals surface area contributed by atoms with Gasteiger partial charge in [0.15, 0.2) is 11.6 Å². The van der Waals surface area contributed by atoms with E-state index in [0.29, 0.717) is 17.6 Å². The van der Waals surface area contributed by atoms with E-state index in [1.807, 2.05) is 103 Å². The van der Waals surface area contributed by atoms with Crippen LogP contribution in [0.25, 0.3) is 183 Å². The largest absolute Gasteiger partial charge is 0.456 e. The molecule has 6 aromatic heterocycles.